The molecule has 0 saturated carbocycles. The number of unbranched alkanes of at least 4 members (excludes halogenated alkanes) is 1. The molecule has 0 bridgehead atoms. The van der Waals surface area contributed by atoms with Gasteiger partial charge in [0.2, 0.25) is 5.88 Å². The molecule has 1 aromatic heterocycles. The third-order valence-corrected chi connectivity index (χ3v) is 3.91. The molecule has 0 aliphatic carbocycles. The van der Waals surface area contributed by atoms with Crippen LogP contribution < -0.4 is 10.1 Å². The molecule has 1 unspecified atom stereocenters. The summed E-state index contributed by atoms with van der Waals surface area (Å²) in [5.41, 5.74) is 0.675. The molecule has 0 radical (unpaired) electrons. The van der Waals surface area contributed by atoms with Gasteiger partial charge in [-0.1, -0.05) is 19.8 Å². The van der Waals surface area contributed by atoms with Gasteiger partial charge in [0, 0.05) is 18.8 Å². The van der Waals surface area contributed by atoms with E-state index in [2.05, 4.69) is 17.2 Å². The van der Waals surface area contributed by atoms with Crippen molar-refractivity contribution in [1.29, 1.82) is 0 Å². The number of amides is 1. The Labute approximate surface area is 151 Å². The van der Waals surface area contributed by atoms with Gasteiger partial charge in [0.1, 0.15) is 12.2 Å². The fraction of sp³-hybridized carbons (Fsp3) is 0.684. The van der Waals surface area contributed by atoms with Crippen LogP contribution in [0.4, 0.5) is 5.69 Å². The maximum absolute atomic E-state index is 12.7. The summed E-state index contributed by atoms with van der Waals surface area (Å²) in [6.45, 7) is 11.8. The first-order valence-corrected chi connectivity index (χ1v) is 9.09. The van der Waals surface area contributed by atoms with Crippen molar-refractivity contribution < 1.29 is 19.0 Å². The van der Waals surface area contributed by atoms with Crippen molar-refractivity contribution in [2.24, 2.45) is 0 Å². The Morgan fingerprint density at radius 1 is 1.24 bits per heavy atom. The third kappa shape index (κ3) is 7.00. The van der Waals surface area contributed by atoms with Gasteiger partial charge in [-0.05, 0) is 40.2 Å². The van der Waals surface area contributed by atoms with E-state index in [1.54, 1.807) is 6.20 Å². The average Bonchev–Trinajstić information content (AvgIpc) is 2.58. The molecule has 1 heterocycles. The van der Waals surface area contributed by atoms with E-state index in [1.807, 2.05) is 33.8 Å². The van der Waals surface area contributed by atoms with E-state index in [9.17, 15) is 4.79 Å². The highest BCUT2D eigenvalue weighted by atomic mass is 16.5. The summed E-state index contributed by atoms with van der Waals surface area (Å²) in [5.74, 6) is 0.408. The zero-order valence-corrected chi connectivity index (χ0v) is 16.2. The second-order valence-corrected chi connectivity index (χ2v) is 6.11. The molecule has 1 N–H and O–H groups in total. The van der Waals surface area contributed by atoms with Crippen molar-refractivity contribution in [2.45, 2.75) is 59.5 Å². The number of anilines is 1. The molecule has 25 heavy (non-hydrogen) atoms. The van der Waals surface area contributed by atoms with Gasteiger partial charge in [0.05, 0.1) is 18.5 Å². The highest BCUT2D eigenvalue weighted by Crippen LogP contribution is 2.23. The minimum atomic E-state index is -0.828. The molecule has 142 valence electrons. The molecule has 6 heteroatoms. The van der Waals surface area contributed by atoms with Gasteiger partial charge in [-0.25, -0.2) is 4.98 Å². The van der Waals surface area contributed by atoms with Gasteiger partial charge in [-0.3, -0.25) is 4.79 Å². The molecule has 6 nitrogen and oxygen atoms in total. The lowest BCUT2D eigenvalue weighted by Gasteiger charge is -2.28. The van der Waals surface area contributed by atoms with Gasteiger partial charge >= 0.3 is 0 Å². The van der Waals surface area contributed by atoms with E-state index < -0.39 is 5.60 Å². The van der Waals surface area contributed by atoms with E-state index >= 15 is 0 Å². The van der Waals surface area contributed by atoms with Crippen molar-refractivity contribution in [1.82, 2.24) is 4.98 Å². The summed E-state index contributed by atoms with van der Waals surface area (Å²) < 4.78 is 16.5. The number of aryl methyl sites for hydroxylation is 1. The molecule has 1 amide bonds. The van der Waals surface area contributed by atoms with E-state index in [0.29, 0.717) is 44.4 Å². The number of carbonyl (C=O) groups excluding carboxylic acids is 1. The second kappa shape index (κ2) is 11.1. The van der Waals surface area contributed by atoms with Crippen LogP contribution in [0.15, 0.2) is 12.3 Å². The molecule has 0 spiro atoms. The number of nitrogens with one attached hydrogen (secondary N) is 1. The van der Waals surface area contributed by atoms with Gasteiger partial charge in [0.15, 0.2) is 0 Å². The Morgan fingerprint density at radius 2 is 2.00 bits per heavy atom. The summed E-state index contributed by atoms with van der Waals surface area (Å²) in [4.78, 5) is 16.9. The summed E-state index contributed by atoms with van der Waals surface area (Å²) in [6, 6.07) is 1.85. The fourth-order valence-corrected chi connectivity index (χ4v) is 2.47. The maximum atomic E-state index is 12.7. The number of hydrogen-bond acceptors (Lipinski definition) is 5. The number of rotatable bonds is 12. The molecule has 0 aliphatic heterocycles. The lowest BCUT2D eigenvalue weighted by molar-refractivity contribution is -0.139. The van der Waals surface area contributed by atoms with Crippen molar-refractivity contribution in [3.05, 3.63) is 17.8 Å². The predicted molar refractivity (Wildman–Crippen MR) is 99.1 cm³/mol. The van der Waals surface area contributed by atoms with Crippen LogP contribution in [0.5, 0.6) is 5.88 Å². The Morgan fingerprint density at radius 3 is 2.60 bits per heavy atom. The van der Waals surface area contributed by atoms with Crippen molar-refractivity contribution in [2.75, 3.05) is 31.7 Å². The van der Waals surface area contributed by atoms with Crippen LogP contribution in [-0.4, -0.2) is 42.9 Å². The molecular formula is C19H32N2O4. The quantitative estimate of drug-likeness (QED) is 0.581. The number of pyridine rings is 1. The maximum Gasteiger partial charge on any atom is 0.256 e. The van der Waals surface area contributed by atoms with E-state index in [0.717, 1.165) is 18.4 Å². The second-order valence-electron chi connectivity index (χ2n) is 6.11. The molecule has 0 fully saturated rings. The SMILES string of the molecule is CCCCC(C)(OCC)C(=O)Nc1cnc(OCCOCC)c(C)c1. The highest BCUT2D eigenvalue weighted by Gasteiger charge is 2.33. The van der Waals surface area contributed by atoms with Crippen LogP contribution in [0.2, 0.25) is 0 Å². The van der Waals surface area contributed by atoms with Crippen LogP contribution in [0.1, 0.15) is 52.5 Å². The third-order valence-electron chi connectivity index (χ3n) is 3.91. The van der Waals surface area contributed by atoms with Crippen LogP contribution >= 0.6 is 0 Å². The van der Waals surface area contributed by atoms with Crippen LogP contribution in [-0.2, 0) is 14.3 Å². The van der Waals surface area contributed by atoms with Crippen molar-refractivity contribution in [3.63, 3.8) is 0 Å². The van der Waals surface area contributed by atoms with Gasteiger partial charge in [-0.2, -0.15) is 0 Å². The molecule has 0 aliphatic rings. The topological polar surface area (TPSA) is 69.7 Å². The Hall–Kier alpha value is -1.66. The summed E-state index contributed by atoms with van der Waals surface area (Å²) in [7, 11) is 0. The number of carbonyl (C=O) groups is 1. The minimum Gasteiger partial charge on any atom is -0.475 e. The number of ether oxygens (including phenoxy) is 3. The summed E-state index contributed by atoms with van der Waals surface area (Å²) in [6.07, 6.45) is 4.25. The van der Waals surface area contributed by atoms with Gasteiger partial charge in [-0.15, -0.1) is 0 Å². The standard InChI is InChI=1S/C19H32N2O4/c1-6-9-10-19(5,25-8-3)18(22)21-16-13-15(4)17(20-14-16)24-12-11-23-7-2/h13-14H,6-12H2,1-5H3,(H,21,22). The zero-order valence-electron chi connectivity index (χ0n) is 16.2. The normalized spacial score (nSPS) is 13.3. The molecule has 1 rings (SSSR count). The smallest absolute Gasteiger partial charge is 0.256 e. The summed E-state index contributed by atoms with van der Waals surface area (Å²) >= 11 is 0. The first-order valence-electron chi connectivity index (χ1n) is 9.09. The summed E-state index contributed by atoms with van der Waals surface area (Å²) in [5, 5.41) is 2.91. The number of hydrogen-bond donors (Lipinski definition) is 1. The molecule has 0 saturated heterocycles. The zero-order chi connectivity index (χ0) is 18.7. The number of aromatic nitrogens is 1. The first-order chi connectivity index (χ1) is 12.0. The average molecular weight is 352 g/mol. The van der Waals surface area contributed by atoms with Gasteiger partial charge in [0.25, 0.3) is 5.91 Å². The number of nitrogens with zero attached hydrogens (tertiary/aromatic N) is 1. The van der Waals surface area contributed by atoms with E-state index in [4.69, 9.17) is 14.2 Å². The Bertz CT molecular complexity index is 536. The fourth-order valence-electron chi connectivity index (χ4n) is 2.47. The van der Waals surface area contributed by atoms with Gasteiger partial charge < -0.3 is 19.5 Å². The highest BCUT2D eigenvalue weighted by molar-refractivity contribution is 5.97. The van der Waals surface area contributed by atoms with Crippen molar-refractivity contribution in [3.8, 4) is 5.88 Å². The minimum absolute atomic E-state index is 0.144. The molecule has 0 aromatic carbocycles. The van der Waals surface area contributed by atoms with E-state index in [-0.39, 0.29) is 5.91 Å². The lowest BCUT2D eigenvalue weighted by atomic mass is 9.97. The van der Waals surface area contributed by atoms with Crippen LogP contribution in [0.25, 0.3) is 0 Å². The molecular weight excluding hydrogens is 320 g/mol. The molecule has 1 aromatic rings. The first kappa shape index (κ1) is 21.4. The van der Waals surface area contributed by atoms with Crippen molar-refractivity contribution >= 4 is 11.6 Å². The molecule has 1 atom stereocenters. The largest absolute Gasteiger partial charge is 0.475 e. The monoisotopic (exact) mass is 352 g/mol. The Kier molecular flexibility index (Phi) is 9.45. The van der Waals surface area contributed by atoms with Crippen LogP contribution in [0.3, 0.4) is 0 Å². The predicted octanol–water partition coefficient (Wildman–Crippen LogP) is 3.73. The Balaban J connectivity index is 2.71. The van der Waals surface area contributed by atoms with E-state index in [1.165, 1.54) is 0 Å². The lowest BCUT2D eigenvalue weighted by Crippen LogP contribution is -2.42. The van der Waals surface area contributed by atoms with Crippen LogP contribution in [0, 0.1) is 6.92 Å².